The van der Waals surface area contributed by atoms with Gasteiger partial charge in [-0.15, -0.1) is 0 Å². The van der Waals surface area contributed by atoms with E-state index >= 15 is 0 Å². The molecule has 0 rings (SSSR count). The molecule has 0 aliphatic carbocycles. The smallest absolute Gasteiger partial charge is 0.0566 e. The van der Waals surface area contributed by atoms with E-state index in [9.17, 15) is 5.11 Å². The summed E-state index contributed by atoms with van der Waals surface area (Å²) in [6.07, 6.45) is 2.22. The zero-order valence-electron chi connectivity index (χ0n) is 6.88. The third kappa shape index (κ3) is 3.85. The third-order valence-corrected chi connectivity index (χ3v) is 1.96. The summed E-state index contributed by atoms with van der Waals surface area (Å²) < 4.78 is 0. The first-order valence-electron chi connectivity index (χ1n) is 4.01. The zero-order valence-corrected chi connectivity index (χ0v) is 6.88. The maximum Gasteiger partial charge on any atom is 0.0566 e. The van der Waals surface area contributed by atoms with Gasteiger partial charge < -0.3 is 10.2 Å². The van der Waals surface area contributed by atoms with Gasteiger partial charge in [-0.25, -0.2) is 0 Å². The number of rotatable bonds is 5. The summed E-state index contributed by atoms with van der Waals surface area (Å²) in [7, 11) is 0. The quantitative estimate of drug-likeness (QED) is 0.611. The normalized spacial score (nSPS) is 16.8. The van der Waals surface area contributed by atoms with Crippen LogP contribution in [0.1, 0.15) is 33.1 Å². The molecule has 0 heterocycles. The number of hydrogen-bond donors (Lipinski definition) is 2. The summed E-state index contributed by atoms with van der Waals surface area (Å²) in [5.41, 5.74) is 0. The molecule has 0 radical (unpaired) electrons. The molecule has 0 spiro atoms. The van der Waals surface area contributed by atoms with Crippen molar-refractivity contribution >= 4 is 0 Å². The lowest BCUT2D eigenvalue weighted by molar-refractivity contribution is 0.0964. The zero-order chi connectivity index (χ0) is 7.98. The predicted molar refractivity (Wildman–Crippen MR) is 41.8 cm³/mol. The van der Waals surface area contributed by atoms with E-state index in [1.54, 1.807) is 0 Å². The fourth-order valence-corrected chi connectivity index (χ4v) is 0.857. The molecule has 0 saturated carbocycles. The van der Waals surface area contributed by atoms with Gasteiger partial charge in [-0.3, -0.25) is 0 Å². The van der Waals surface area contributed by atoms with Crippen molar-refractivity contribution in [1.82, 2.24) is 0 Å². The van der Waals surface area contributed by atoms with Crippen LogP contribution < -0.4 is 0 Å². The highest BCUT2D eigenvalue weighted by Gasteiger charge is 2.10. The second kappa shape index (κ2) is 5.69. The summed E-state index contributed by atoms with van der Waals surface area (Å²) in [4.78, 5) is 0. The molecule has 0 amide bonds. The Morgan fingerprint density at radius 1 is 1.40 bits per heavy atom. The van der Waals surface area contributed by atoms with Crippen molar-refractivity contribution in [2.45, 2.75) is 39.2 Å². The maximum atomic E-state index is 9.34. The minimum atomic E-state index is -0.225. The molecule has 0 aromatic heterocycles. The van der Waals surface area contributed by atoms with Crippen molar-refractivity contribution in [3.8, 4) is 0 Å². The molecule has 0 saturated heterocycles. The summed E-state index contributed by atoms with van der Waals surface area (Å²) in [5, 5.41) is 17.8. The van der Waals surface area contributed by atoms with E-state index in [2.05, 4.69) is 6.92 Å². The molecule has 0 bridgehead atoms. The Labute approximate surface area is 62.9 Å². The molecule has 2 unspecified atom stereocenters. The largest absolute Gasteiger partial charge is 0.396 e. The van der Waals surface area contributed by atoms with Crippen LogP contribution in [0.25, 0.3) is 0 Å². The number of aliphatic hydroxyl groups excluding tert-OH is 2. The first-order chi connectivity index (χ1) is 4.72. The van der Waals surface area contributed by atoms with Gasteiger partial charge in [0.05, 0.1) is 6.10 Å². The van der Waals surface area contributed by atoms with Crippen molar-refractivity contribution in [3.05, 3.63) is 0 Å². The minimum Gasteiger partial charge on any atom is -0.396 e. The molecule has 0 aliphatic rings. The lowest BCUT2D eigenvalue weighted by Crippen LogP contribution is -2.16. The summed E-state index contributed by atoms with van der Waals surface area (Å²) in [6.45, 7) is 4.28. The molecule has 2 nitrogen and oxygen atoms in total. The predicted octanol–water partition coefficient (Wildman–Crippen LogP) is 1.17. The van der Waals surface area contributed by atoms with E-state index in [0.717, 1.165) is 12.8 Å². The van der Waals surface area contributed by atoms with Crippen molar-refractivity contribution in [2.24, 2.45) is 5.92 Å². The van der Waals surface area contributed by atoms with Crippen LogP contribution >= 0.6 is 0 Å². The second-order valence-corrected chi connectivity index (χ2v) is 2.82. The third-order valence-electron chi connectivity index (χ3n) is 1.96. The molecular weight excluding hydrogens is 128 g/mol. The van der Waals surface area contributed by atoms with Crippen molar-refractivity contribution in [3.63, 3.8) is 0 Å². The molecule has 0 aromatic rings. The molecule has 0 aromatic carbocycles. The Bertz CT molecular complexity index is 73.7. The van der Waals surface area contributed by atoms with Crippen LogP contribution in [0.3, 0.4) is 0 Å². The van der Waals surface area contributed by atoms with Gasteiger partial charge in [0, 0.05) is 6.61 Å². The van der Waals surface area contributed by atoms with Crippen molar-refractivity contribution in [2.75, 3.05) is 6.61 Å². The molecule has 2 heteroatoms. The highest BCUT2D eigenvalue weighted by molar-refractivity contribution is 4.61. The van der Waals surface area contributed by atoms with Gasteiger partial charge in [0.25, 0.3) is 0 Å². The van der Waals surface area contributed by atoms with E-state index in [4.69, 9.17) is 5.11 Å². The summed E-state index contributed by atoms with van der Waals surface area (Å²) in [6, 6.07) is 0. The van der Waals surface area contributed by atoms with Crippen LogP contribution in [0.4, 0.5) is 0 Å². The summed E-state index contributed by atoms with van der Waals surface area (Å²) >= 11 is 0. The van der Waals surface area contributed by atoms with Gasteiger partial charge in [-0.2, -0.15) is 0 Å². The van der Waals surface area contributed by atoms with Gasteiger partial charge in [0.15, 0.2) is 0 Å². The SMILES string of the molecule is CCC(C)C(O)CCCO. The average molecular weight is 146 g/mol. The molecule has 0 fully saturated rings. The first-order valence-corrected chi connectivity index (χ1v) is 4.01. The van der Waals surface area contributed by atoms with E-state index in [1.807, 2.05) is 6.92 Å². The molecule has 2 N–H and O–H groups in total. The topological polar surface area (TPSA) is 40.5 Å². The Hall–Kier alpha value is -0.0800. The highest BCUT2D eigenvalue weighted by Crippen LogP contribution is 2.11. The van der Waals surface area contributed by atoms with Gasteiger partial charge in [0.1, 0.15) is 0 Å². The Morgan fingerprint density at radius 2 is 2.00 bits per heavy atom. The molecule has 10 heavy (non-hydrogen) atoms. The number of aliphatic hydroxyl groups is 2. The summed E-state index contributed by atoms with van der Waals surface area (Å²) in [5.74, 6) is 0.367. The Morgan fingerprint density at radius 3 is 2.40 bits per heavy atom. The molecule has 2 atom stereocenters. The number of hydrogen-bond acceptors (Lipinski definition) is 2. The van der Waals surface area contributed by atoms with Crippen LogP contribution in [-0.2, 0) is 0 Å². The fourth-order valence-electron chi connectivity index (χ4n) is 0.857. The van der Waals surface area contributed by atoms with E-state index in [0.29, 0.717) is 12.3 Å². The molecular formula is C8H18O2. The van der Waals surface area contributed by atoms with Gasteiger partial charge >= 0.3 is 0 Å². The lowest BCUT2D eigenvalue weighted by Gasteiger charge is -2.15. The van der Waals surface area contributed by atoms with Crippen LogP contribution in [0.5, 0.6) is 0 Å². The van der Waals surface area contributed by atoms with Crippen LogP contribution in [0.2, 0.25) is 0 Å². The standard InChI is InChI=1S/C8H18O2/c1-3-7(2)8(10)5-4-6-9/h7-10H,3-6H2,1-2H3. The van der Waals surface area contributed by atoms with Gasteiger partial charge in [-0.1, -0.05) is 20.3 Å². The average Bonchev–Trinajstić information content (AvgIpc) is 1.98. The molecule has 0 aliphatic heterocycles. The van der Waals surface area contributed by atoms with Crippen LogP contribution in [0, 0.1) is 5.92 Å². The Kier molecular flexibility index (Phi) is 5.64. The maximum absolute atomic E-state index is 9.34. The minimum absolute atomic E-state index is 0.188. The molecule has 62 valence electrons. The van der Waals surface area contributed by atoms with Crippen molar-refractivity contribution < 1.29 is 10.2 Å². The van der Waals surface area contributed by atoms with Gasteiger partial charge in [0.2, 0.25) is 0 Å². The van der Waals surface area contributed by atoms with Crippen molar-refractivity contribution in [1.29, 1.82) is 0 Å². The van der Waals surface area contributed by atoms with E-state index in [1.165, 1.54) is 0 Å². The highest BCUT2D eigenvalue weighted by atomic mass is 16.3. The van der Waals surface area contributed by atoms with Gasteiger partial charge in [-0.05, 0) is 18.8 Å². The Balaban J connectivity index is 3.31. The van der Waals surface area contributed by atoms with Crippen LogP contribution in [-0.4, -0.2) is 22.9 Å². The monoisotopic (exact) mass is 146 g/mol. The van der Waals surface area contributed by atoms with E-state index in [-0.39, 0.29) is 12.7 Å². The van der Waals surface area contributed by atoms with E-state index < -0.39 is 0 Å². The second-order valence-electron chi connectivity index (χ2n) is 2.82. The lowest BCUT2D eigenvalue weighted by atomic mass is 9.98. The first kappa shape index (κ1) is 9.92. The fraction of sp³-hybridized carbons (Fsp3) is 1.00. The van der Waals surface area contributed by atoms with Crippen LogP contribution in [0.15, 0.2) is 0 Å².